The minimum absolute atomic E-state index is 0.119. The summed E-state index contributed by atoms with van der Waals surface area (Å²) in [6.45, 7) is 0.701. The number of ether oxygens (including phenoxy) is 1. The van der Waals surface area contributed by atoms with E-state index >= 15 is 0 Å². The molecule has 4 heterocycles. The van der Waals surface area contributed by atoms with E-state index in [0.29, 0.717) is 61.1 Å². The number of carbonyl (C=O) groups excluding carboxylic acids is 1. The molecule has 7 nitrogen and oxygen atoms in total. The molecule has 2 saturated heterocycles. The number of aliphatic hydroxyl groups is 1. The third-order valence-corrected chi connectivity index (χ3v) is 7.37. The number of anilines is 1. The fourth-order valence-electron chi connectivity index (χ4n) is 5.00. The number of pyridine rings is 1. The van der Waals surface area contributed by atoms with Crippen molar-refractivity contribution >= 4 is 33.4 Å². The molecule has 2 N–H and O–H groups in total. The zero-order chi connectivity index (χ0) is 25.7. The SMILES string of the molecule is O=C1NC(c2ccc(C(F)(F)F)nc2C2CCCO2)=NC12CCN(c1cc(Br)cc(F)c1CO)CC2. The summed E-state index contributed by atoms with van der Waals surface area (Å²) in [5.41, 5.74) is -0.967. The largest absolute Gasteiger partial charge is 0.433 e. The van der Waals surface area contributed by atoms with Crippen LogP contribution < -0.4 is 10.2 Å². The third-order valence-electron chi connectivity index (χ3n) is 6.91. The summed E-state index contributed by atoms with van der Waals surface area (Å²) < 4.78 is 60.5. The number of amidine groups is 1. The minimum atomic E-state index is -4.61. The van der Waals surface area contributed by atoms with E-state index in [-0.39, 0.29) is 23.0 Å². The number of halogens is 5. The van der Waals surface area contributed by atoms with Crippen molar-refractivity contribution in [3.05, 3.63) is 57.1 Å². The summed E-state index contributed by atoms with van der Waals surface area (Å²) in [5, 5.41) is 12.4. The van der Waals surface area contributed by atoms with Gasteiger partial charge in [0.05, 0.1) is 12.3 Å². The van der Waals surface area contributed by atoms with E-state index in [2.05, 4.69) is 31.2 Å². The van der Waals surface area contributed by atoms with E-state index < -0.39 is 35.9 Å². The summed E-state index contributed by atoms with van der Waals surface area (Å²) in [6.07, 6.45) is -3.37. The molecule has 3 aliphatic rings. The molecule has 1 spiro atoms. The number of carbonyl (C=O) groups is 1. The maximum atomic E-state index is 14.3. The number of aliphatic hydroxyl groups excluding tert-OH is 1. The van der Waals surface area contributed by atoms with Gasteiger partial charge in [-0.3, -0.25) is 9.79 Å². The monoisotopic (exact) mass is 570 g/mol. The van der Waals surface area contributed by atoms with Crippen molar-refractivity contribution in [2.24, 2.45) is 4.99 Å². The predicted octanol–water partition coefficient (Wildman–Crippen LogP) is 4.26. The van der Waals surface area contributed by atoms with Gasteiger partial charge in [-0.2, -0.15) is 13.2 Å². The Morgan fingerprint density at radius 3 is 2.64 bits per heavy atom. The number of piperidine rings is 1. The maximum Gasteiger partial charge on any atom is 0.433 e. The Morgan fingerprint density at radius 1 is 1.25 bits per heavy atom. The molecule has 3 aliphatic heterocycles. The lowest BCUT2D eigenvalue weighted by Gasteiger charge is -2.37. The fourth-order valence-corrected chi connectivity index (χ4v) is 5.42. The number of aliphatic imine (C=N–C) groups is 1. The molecule has 0 saturated carbocycles. The second-order valence-corrected chi connectivity index (χ2v) is 10.0. The highest BCUT2D eigenvalue weighted by atomic mass is 79.9. The number of aromatic nitrogens is 1. The Balaban J connectivity index is 1.44. The fraction of sp³-hybridized carbons (Fsp3) is 0.458. The third kappa shape index (κ3) is 4.50. The second kappa shape index (κ2) is 9.38. The lowest BCUT2D eigenvalue weighted by atomic mass is 9.87. The molecular weight excluding hydrogens is 548 g/mol. The number of amides is 1. The quantitative estimate of drug-likeness (QED) is 0.536. The van der Waals surface area contributed by atoms with Gasteiger partial charge < -0.3 is 20.1 Å². The van der Waals surface area contributed by atoms with Gasteiger partial charge in [0.25, 0.3) is 5.91 Å². The molecule has 0 aliphatic carbocycles. The molecule has 5 rings (SSSR count). The second-order valence-electron chi connectivity index (χ2n) is 9.11. The van der Waals surface area contributed by atoms with E-state index in [4.69, 9.17) is 4.74 Å². The van der Waals surface area contributed by atoms with Crippen LogP contribution in [0.1, 0.15) is 54.3 Å². The number of benzene rings is 1. The van der Waals surface area contributed by atoms with Crippen molar-refractivity contribution in [2.75, 3.05) is 24.6 Å². The first-order valence-electron chi connectivity index (χ1n) is 11.6. The van der Waals surface area contributed by atoms with Gasteiger partial charge in [0.2, 0.25) is 0 Å². The van der Waals surface area contributed by atoms with Crippen LogP contribution in [0.2, 0.25) is 0 Å². The van der Waals surface area contributed by atoms with Gasteiger partial charge in [-0.15, -0.1) is 0 Å². The van der Waals surface area contributed by atoms with Crippen LogP contribution in [0, 0.1) is 5.82 Å². The van der Waals surface area contributed by atoms with Gasteiger partial charge in [0, 0.05) is 41.0 Å². The summed E-state index contributed by atoms with van der Waals surface area (Å²) >= 11 is 3.28. The highest BCUT2D eigenvalue weighted by molar-refractivity contribution is 9.10. The topological polar surface area (TPSA) is 87.0 Å². The first-order valence-corrected chi connectivity index (χ1v) is 12.4. The molecule has 2 aromatic rings. The van der Waals surface area contributed by atoms with Crippen molar-refractivity contribution in [3.8, 4) is 0 Å². The van der Waals surface area contributed by atoms with E-state index in [0.717, 1.165) is 6.07 Å². The predicted molar refractivity (Wildman–Crippen MR) is 126 cm³/mol. The molecule has 36 heavy (non-hydrogen) atoms. The van der Waals surface area contributed by atoms with Crippen LogP contribution in [0.25, 0.3) is 0 Å². The number of alkyl halides is 3. The zero-order valence-corrected chi connectivity index (χ0v) is 20.6. The van der Waals surface area contributed by atoms with Crippen molar-refractivity contribution < 1.29 is 32.2 Å². The van der Waals surface area contributed by atoms with Gasteiger partial charge in [-0.25, -0.2) is 9.37 Å². The molecule has 1 unspecified atom stereocenters. The van der Waals surface area contributed by atoms with Crippen molar-refractivity contribution in [1.29, 1.82) is 0 Å². The van der Waals surface area contributed by atoms with Gasteiger partial charge in [-0.1, -0.05) is 15.9 Å². The van der Waals surface area contributed by atoms with Crippen LogP contribution in [0.4, 0.5) is 23.2 Å². The minimum Gasteiger partial charge on any atom is -0.391 e. The van der Waals surface area contributed by atoms with Crippen molar-refractivity contribution in [2.45, 2.75) is 50.1 Å². The lowest BCUT2D eigenvalue weighted by molar-refractivity contribution is -0.141. The molecule has 0 bridgehead atoms. The Labute approximate surface area is 212 Å². The smallest absolute Gasteiger partial charge is 0.391 e. The van der Waals surface area contributed by atoms with Crippen molar-refractivity contribution in [1.82, 2.24) is 10.3 Å². The maximum absolute atomic E-state index is 14.3. The van der Waals surface area contributed by atoms with Crippen LogP contribution in [0.5, 0.6) is 0 Å². The number of hydrogen-bond donors (Lipinski definition) is 2. The summed E-state index contributed by atoms with van der Waals surface area (Å²) in [4.78, 5) is 23.5. The van der Waals surface area contributed by atoms with Crippen molar-refractivity contribution in [3.63, 3.8) is 0 Å². The average Bonchev–Trinajstić information content (AvgIpc) is 3.47. The molecule has 1 atom stereocenters. The van der Waals surface area contributed by atoms with Gasteiger partial charge in [0.15, 0.2) is 0 Å². The van der Waals surface area contributed by atoms with Crippen LogP contribution >= 0.6 is 15.9 Å². The molecule has 2 fully saturated rings. The van der Waals surface area contributed by atoms with E-state index in [9.17, 15) is 27.5 Å². The normalized spacial score (nSPS) is 21.7. The first kappa shape index (κ1) is 25.1. The molecular formula is C24H23BrF4N4O3. The summed E-state index contributed by atoms with van der Waals surface area (Å²) in [7, 11) is 0. The van der Waals surface area contributed by atoms with Gasteiger partial charge in [-0.05, 0) is 49.9 Å². The standard InChI is InChI=1S/C24H23BrF4N4O3/c25-13-10-16(26)15(12-34)17(11-13)33-7-5-23(6-8-33)22(35)31-21(32-23)14-3-4-19(24(27,28)29)30-20(14)18-2-1-9-36-18/h3-4,10-11,18,34H,1-2,5-9,12H2,(H,31,32,35). The number of nitrogens with one attached hydrogen (secondary N) is 1. The molecule has 1 aromatic heterocycles. The lowest BCUT2D eigenvalue weighted by Crippen LogP contribution is -2.49. The van der Waals surface area contributed by atoms with Gasteiger partial charge in [0.1, 0.15) is 29.0 Å². The van der Waals surface area contributed by atoms with Crippen LogP contribution in [-0.2, 0) is 22.3 Å². The van der Waals surface area contributed by atoms with E-state index in [1.807, 2.05) is 4.90 Å². The highest BCUT2D eigenvalue weighted by Gasteiger charge is 2.47. The average molecular weight is 571 g/mol. The Bertz CT molecular complexity index is 1220. The first-order chi connectivity index (χ1) is 17.1. The van der Waals surface area contributed by atoms with Gasteiger partial charge >= 0.3 is 6.18 Å². The summed E-state index contributed by atoms with van der Waals surface area (Å²) in [6, 6.07) is 5.18. The molecule has 1 amide bonds. The summed E-state index contributed by atoms with van der Waals surface area (Å²) in [5.74, 6) is -0.680. The van der Waals surface area contributed by atoms with Crippen LogP contribution in [-0.4, -0.2) is 47.1 Å². The zero-order valence-electron chi connectivity index (χ0n) is 19.0. The number of hydrogen-bond acceptors (Lipinski definition) is 6. The Morgan fingerprint density at radius 2 is 2.00 bits per heavy atom. The molecule has 12 heteroatoms. The van der Waals surface area contributed by atoms with Crippen LogP contribution in [0.3, 0.4) is 0 Å². The Kier molecular flexibility index (Phi) is 6.54. The molecule has 1 aromatic carbocycles. The van der Waals surface area contributed by atoms with E-state index in [1.54, 1.807) is 6.07 Å². The van der Waals surface area contributed by atoms with E-state index in [1.165, 1.54) is 12.1 Å². The number of nitrogens with zero attached hydrogens (tertiary/aromatic N) is 3. The highest BCUT2D eigenvalue weighted by Crippen LogP contribution is 2.38. The number of rotatable bonds is 4. The Hall–Kier alpha value is -2.57. The molecule has 0 radical (unpaired) electrons. The van der Waals surface area contributed by atoms with Crippen LogP contribution in [0.15, 0.2) is 33.7 Å². The molecule has 192 valence electrons.